The molecular formula is C16H28NO2+. The molecule has 3 nitrogen and oxygen atoms in total. The predicted octanol–water partition coefficient (Wildman–Crippen LogP) is 2.74. The van der Waals surface area contributed by atoms with Gasteiger partial charge in [-0.1, -0.05) is 0 Å². The number of ether oxygens (including phenoxy) is 1. The summed E-state index contributed by atoms with van der Waals surface area (Å²) in [4.78, 5) is 11.4. The van der Waals surface area contributed by atoms with Crippen molar-refractivity contribution in [1.82, 2.24) is 0 Å². The Morgan fingerprint density at radius 3 is 2.42 bits per heavy atom. The second-order valence-electron chi connectivity index (χ2n) is 7.21. The zero-order valence-corrected chi connectivity index (χ0v) is 12.4. The van der Waals surface area contributed by atoms with Gasteiger partial charge >= 0.3 is 5.97 Å². The molecule has 3 fully saturated rings. The van der Waals surface area contributed by atoms with Crippen LogP contribution in [0.25, 0.3) is 0 Å². The molecule has 3 heteroatoms. The molecule has 2 aliphatic carbocycles. The highest BCUT2D eigenvalue weighted by Gasteiger charge is 2.52. The minimum atomic E-state index is -0.0798. The van der Waals surface area contributed by atoms with Crippen LogP contribution in [0.1, 0.15) is 51.9 Å². The molecule has 2 bridgehead atoms. The fourth-order valence-electron chi connectivity index (χ4n) is 5.12. The number of esters is 1. The third-order valence-electron chi connectivity index (χ3n) is 6.03. The van der Waals surface area contributed by atoms with Crippen molar-refractivity contribution in [3.05, 3.63) is 0 Å². The van der Waals surface area contributed by atoms with E-state index in [1.54, 1.807) is 6.92 Å². The first kappa shape index (κ1) is 13.4. The van der Waals surface area contributed by atoms with Crippen LogP contribution in [0.15, 0.2) is 0 Å². The fourth-order valence-corrected chi connectivity index (χ4v) is 5.12. The molecule has 0 amide bonds. The lowest BCUT2D eigenvalue weighted by Gasteiger charge is -2.49. The van der Waals surface area contributed by atoms with Gasteiger partial charge in [-0.2, -0.15) is 0 Å². The average molecular weight is 266 g/mol. The van der Waals surface area contributed by atoms with Crippen molar-refractivity contribution < 1.29 is 14.0 Å². The first-order valence-corrected chi connectivity index (χ1v) is 8.11. The van der Waals surface area contributed by atoms with E-state index in [0.717, 1.165) is 6.04 Å². The molecule has 0 aromatic heterocycles. The molecule has 1 aliphatic heterocycles. The van der Waals surface area contributed by atoms with Gasteiger partial charge in [0, 0.05) is 19.3 Å². The Balaban J connectivity index is 1.77. The number of carbonyl (C=O) groups excluding carboxylic acids is 1. The van der Waals surface area contributed by atoms with Crippen LogP contribution >= 0.6 is 0 Å². The highest BCUT2D eigenvalue weighted by Crippen LogP contribution is 2.47. The molecule has 19 heavy (non-hydrogen) atoms. The number of piperidine rings is 1. The second kappa shape index (κ2) is 5.08. The van der Waals surface area contributed by atoms with Crippen molar-refractivity contribution in [3.8, 4) is 0 Å². The Labute approximate surface area is 116 Å². The van der Waals surface area contributed by atoms with Crippen LogP contribution in [-0.4, -0.2) is 42.7 Å². The van der Waals surface area contributed by atoms with Gasteiger partial charge in [-0.25, -0.2) is 0 Å². The molecule has 0 aromatic carbocycles. The predicted molar refractivity (Wildman–Crippen MR) is 74.6 cm³/mol. The molecule has 1 saturated heterocycles. The number of likely N-dealkylation sites (tertiary alicyclic amines) is 1. The van der Waals surface area contributed by atoms with Gasteiger partial charge < -0.3 is 9.22 Å². The Bertz CT molecular complexity index is 349. The maximum absolute atomic E-state index is 11.4. The number of nitrogens with zero attached hydrogens (tertiary/aromatic N) is 1. The van der Waals surface area contributed by atoms with E-state index in [0.29, 0.717) is 11.8 Å². The highest BCUT2D eigenvalue weighted by molar-refractivity contribution is 5.66. The van der Waals surface area contributed by atoms with Crippen molar-refractivity contribution in [2.75, 3.05) is 20.1 Å². The summed E-state index contributed by atoms with van der Waals surface area (Å²) in [7, 11) is 2.45. The lowest BCUT2D eigenvalue weighted by molar-refractivity contribution is -0.942. The van der Waals surface area contributed by atoms with Crippen LogP contribution in [0.2, 0.25) is 0 Å². The zero-order chi connectivity index (χ0) is 13.5. The van der Waals surface area contributed by atoms with E-state index in [1.165, 1.54) is 62.5 Å². The normalized spacial score (nSPS) is 40.9. The molecule has 108 valence electrons. The Hall–Kier alpha value is -0.570. The van der Waals surface area contributed by atoms with Crippen LogP contribution in [0, 0.1) is 11.8 Å². The minimum Gasteiger partial charge on any atom is -0.462 e. The number of fused-ring (bicyclic) bond motifs is 2. The van der Waals surface area contributed by atoms with E-state index >= 15 is 0 Å². The van der Waals surface area contributed by atoms with Crippen molar-refractivity contribution >= 4 is 5.97 Å². The van der Waals surface area contributed by atoms with Crippen molar-refractivity contribution in [2.45, 2.75) is 64.0 Å². The second-order valence-corrected chi connectivity index (χ2v) is 7.21. The summed E-state index contributed by atoms with van der Waals surface area (Å²) in [6, 6.07) is 0.739. The standard InChI is InChI=1S/C16H28NO2/c1-12(18)19-16-13-6-8-14(16)15(9-7-13)17(2)10-4-3-5-11-17/h13-16H,3-11H2,1-2H3/q+1/t13-,14-,15+,16-/m0/s1. The maximum atomic E-state index is 11.4. The smallest absolute Gasteiger partial charge is 0.302 e. The molecule has 3 rings (SSSR count). The van der Waals surface area contributed by atoms with E-state index in [1.807, 2.05) is 0 Å². The third kappa shape index (κ3) is 2.42. The summed E-state index contributed by atoms with van der Waals surface area (Å²) in [5.74, 6) is 1.20. The Kier molecular flexibility index (Phi) is 3.59. The van der Waals surface area contributed by atoms with Gasteiger partial charge in [0.05, 0.1) is 26.2 Å². The topological polar surface area (TPSA) is 26.3 Å². The minimum absolute atomic E-state index is 0.0798. The number of hydrogen-bond acceptors (Lipinski definition) is 2. The molecule has 0 radical (unpaired) electrons. The molecule has 2 saturated carbocycles. The monoisotopic (exact) mass is 266 g/mol. The lowest BCUT2D eigenvalue weighted by Crippen LogP contribution is -2.60. The first-order chi connectivity index (χ1) is 9.10. The Morgan fingerprint density at radius 1 is 1.05 bits per heavy atom. The first-order valence-electron chi connectivity index (χ1n) is 8.11. The maximum Gasteiger partial charge on any atom is 0.302 e. The number of carbonyl (C=O) groups is 1. The summed E-state index contributed by atoms with van der Waals surface area (Å²) < 4.78 is 6.94. The van der Waals surface area contributed by atoms with Crippen LogP contribution < -0.4 is 0 Å². The Morgan fingerprint density at radius 2 is 1.74 bits per heavy atom. The fraction of sp³-hybridized carbons (Fsp3) is 0.938. The van der Waals surface area contributed by atoms with Crippen LogP contribution in [0.3, 0.4) is 0 Å². The molecule has 0 spiro atoms. The van der Waals surface area contributed by atoms with E-state index in [2.05, 4.69) is 7.05 Å². The van der Waals surface area contributed by atoms with E-state index in [-0.39, 0.29) is 12.1 Å². The molecule has 1 heterocycles. The van der Waals surface area contributed by atoms with Crippen LogP contribution in [0.5, 0.6) is 0 Å². The number of hydrogen-bond donors (Lipinski definition) is 0. The van der Waals surface area contributed by atoms with E-state index in [9.17, 15) is 4.79 Å². The van der Waals surface area contributed by atoms with Crippen LogP contribution in [-0.2, 0) is 9.53 Å². The summed E-state index contributed by atoms with van der Waals surface area (Å²) in [6.45, 7) is 4.23. The molecular weight excluding hydrogens is 238 g/mol. The van der Waals surface area contributed by atoms with Crippen molar-refractivity contribution in [3.63, 3.8) is 0 Å². The van der Waals surface area contributed by atoms with Gasteiger partial charge in [0.2, 0.25) is 0 Å². The molecule has 0 unspecified atom stereocenters. The molecule has 0 aromatic rings. The third-order valence-corrected chi connectivity index (χ3v) is 6.03. The van der Waals surface area contributed by atoms with Gasteiger partial charge in [-0.3, -0.25) is 4.79 Å². The molecule has 4 atom stereocenters. The number of quaternary nitrogens is 1. The molecule has 3 aliphatic rings. The van der Waals surface area contributed by atoms with E-state index < -0.39 is 0 Å². The van der Waals surface area contributed by atoms with Gasteiger partial charge in [0.15, 0.2) is 0 Å². The van der Waals surface area contributed by atoms with Crippen molar-refractivity contribution in [2.24, 2.45) is 11.8 Å². The zero-order valence-electron chi connectivity index (χ0n) is 12.4. The lowest BCUT2D eigenvalue weighted by atomic mass is 9.79. The summed E-state index contributed by atoms with van der Waals surface area (Å²) in [5.41, 5.74) is 0. The average Bonchev–Trinajstić information content (AvgIpc) is 2.62. The summed E-state index contributed by atoms with van der Waals surface area (Å²) in [6.07, 6.45) is 9.56. The summed E-state index contributed by atoms with van der Waals surface area (Å²) in [5, 5.41) is 0. The van der Waals surface area contributed by atoms with Gasteiger partial charge in [0.1, 0.15) is 6.10 Å². The largest absolute Gasteiger partial charge is 0.462 e. The number of rotatable bonds is 2. The van der Waals surface area contributed by atoms with Gasteiger partial charge in [0.25, 0.3) is 0 Å². The molecule has 0 N–H and O–H groups in total. The quantitative estimate of drug-likeness (QED) is 0.567. The van der Waals surface area contributed by atoms with Crippen LogP contribution in [0.4, 0.5) is 0 Å². The van der Waals surface area contributed by atoms with Crippen molar-refractivity contribution in [1.29, 1.82) is 0 Å². The van der Waals surface area contributed by atoms with E-state index in [4.69, 9.17) is 4.74 Å². The van der Waals surface area contributed by atoms with Gasteiger partial charge in [-0.05, 0) is 44.4 Å². The summed E-state index contributed by atoms with van der Waals surface area (Å²) >= 11 is 0. The SMILES string of the molecule is CC(=O)O[C@H]1[C@H]2CC[C@H]1[C@H]([N+]1(C)CCCCC1)CC2. The highest BCUT2D eigenvalue weighted by atomic mass is 16.5. The van der Waals surface area contributed by atoms with Gasteiger partial charge in [-0.15, -0.1) is 0 Å².